The molecule has 0 saturated carbocycles. The van der Waals surface area contributed by atoms with Gasteiger partial charge >= 0.3 is 0 Å². The van der Waals surface area contributed by atoms with E-state index in [1.165, 1.54) is 11.1 Å². The zero-order chi connectivity index (χ0) is 12.1. The highest BCUT2D eigenvalue weighted by atomic mass is 32.1. The monoisotopic (exact) mass is 247 g/mol. The fourth-order valence-electron chi connectivity index (χ4n) is 1.58. The van der Waals surface area contributed by atoms with Gasteiger partial charge in [0.25, 0.3) is 0 Å². The Kier molecular flexibility index (Phi) is 3.98. The van der Waals surface area contributed by atoms with Gasteiger partial charge in [0.2, 0.25) is 0 Å². The Morgan fingerprint density at radius 1 is 1.29 bits per heavy atom. The molecule has 0 fully saturated rings. The number of pyridine rings is 1. The highest BCUT2D eigenvalue weighted by Crippen LogP contribution is 2.17. The van der Waals surface area contributed by atoms with Gasteiger partial charge in [0.05, 0.1) is 0 Å². The van der Waals surface area contributed by atoms with Crippen molar-refractivity contribution in [2.75, 3.05) is 17.2 Å². The predicted molar refractivity (Wildman–Crippen MR) is 74.8 cm³/mol. The van der Waals surface area contributed by atoms with Crippen LogP contribution >= 0.6 is 11.3 Å². The maximum absolute atomic E-state index is 4.24. The molecule has 2 heterocycles. The molecule has 0 aliphatic heterocycles. The number of nitrogens with one attached hydrogen (secondary N) is 2. The van der Waals surface area contributed by atoms with Gasteiger partial charge in [0, 0.05) is 31.0 Å². The summed E-state index contributed by atoms with van der Waals surface area (Å²) in [6, 6.07) is 4.02. The number of aryl methyl sites for hydroxylation is 1. The van der Waals surface area contributed by atoms with Crippen molar-refractivity contribution in [1.29, 1.82) is 0 Å². The third kappa shape index (κ3) is 3.20. The smallest absolute Gasteiger partial charge is 0.127 e. The topological polar surface area (TPSA) is 37.0 Å². The molecule has 0 aliphatic carbocycles. The third-order valence-corrected chi connectivity index (χ3v) is 3.47. The number of hydrogen-bond donors (Lipinski definition) is 2. The lowest BCUT2D eigenvalue weighted by Crippen LogP contribution is -2.02. The predicted octanol–water partition coefficient (Wildman–Crippen LogP) is 3.50. The summed E-state index contributed by atoms with van der Waals surface area (Å²) in [5.74, 6) is 0.916. The van der Waals surface area contributed by atoms with Gasteiger partial charge in [-0.05, 0) is 41.8 Å². The third-order valence-electron chi connectivity index (χ3n) is 2.56. The first-order chi connectivity index (χ1) is 8.29. The molecule has 2 aromatic rings. The second-order valence-corrected chi connectivity index (χ2v) is 4.64. The number of aromatic nitrogens is 1. The molecular formula is C13H17N3S. The van der Waals surface area contributed by atoms with Crippen molar-refractivity contribution < 1.29 is 0 Å². The molecule has 90 valence electrons. The Morgan fingerprint density at radius 2 is 2.18 bits per heavy atom. The van der Waals surface area contributed by atoms with Crippen LogP contribution in [0.1, 0.15) is 18.1 Å². The van der Waals surface area contributed by atoms with Crippen LogP contribution in [0.15, 0.2) is 29.1 Å². The van der Waals surface area contributed by atoms with Gasteiger partial charge in [-0.15, -0.1) is 0 Å². The van der Waals surface area contributed by atoms with Gasteiger partial charge in [-0.3, -0.25) is 0 Å². The number of hydrogen-bond acceptors (Lipinski definition) is 4. The lowest BCUT2D eigenvalue weighted by molar-refractivity contribution is 1.12. The minimum absolute atomic E-state index is 0.866. The number of nitrogens with zero attached hydrogens (tertiary/aromatic N) is 1. The van der Waals surface area contributed by atoms with E-state index < -0.39 is 0 Å². The molecule has 0 aliphatic rings. The van der Waals surface area contributed by atoms with Gasteiger partial charge in [0.1, 0.15) is 5.82 Å². The van der Waals surface area contributed by atoms with Crippen molar-refractivity contribution in [2.45, 2.75) is 20.4 Å². The molecule has 0 amide bonds. The lowest BCUT2D eigenvalue weighted by atomic mass is 10.2. The molecular weight excluding hydrogens is 230 g/mol. The fraction of sp³-hybridized carbons (Fsp3) is 0.308. The van der Waals surface area contributed by atoms with Crippen LogP contribution in [0, 0.1) is 6.92 Å². The minimum atomic E-state index is 0.866. The van der Waals surface area contributed by atoms with E-state index in [2.05, 4.69) is 40.2 Å². The van der Waals surface area contributed by atoms with Crippen molar-refractivity contribution in [2.24, 2.45) is 0 Å². The highest BCUT2D eigenvalue weighted by Gasteiger charge is 2.00. The first-order valence-corrected chi connectivity index (χ1v) is 6.69. The number of rotatable bonds is 5. The molecule has 0 aromatic carbocycles. The first-order valence-electron chi connectivity index (χ1n) is 5.75. The second kappa shape index (κ2) is 5.68. The number of anilines is 2. The molecule has 0 unspecified atom stereocenters. The van der Waals surface area contributed by atoms with Crippen molar-refractivity contribution in [3.63, 3.8) is 0 Å². The van der Waals surface area contributed by atoms with Gasteiger partial charge in [-0.1, -0.05) is 0 Å². The molecule has 2 N–H and O–H groups in total. The van der Waals surface area contributed by atoms with E-state index in [4.69, 9.17) is 0 Å². The van der Waals surface area contributed by atoms with E-state index in [9.17, 15) is 0 Å². The van der Waals surface area contributed by atoms with E-state index in [1.807, 2.05) is 18.3 Å². The van der Waals surface area contributed by atoms with Crippen LogP contribution in [0.4, 0.5) is 11.5 Å². The molecule has 17 heavy (non-hydrogen) atoms. The Hall–Kier alpha value is -1.55. The Balaban J connectivity index is 1.99. The van der Waals surface area contributed by atoms with Gasteiger partial charge < -0.3 is 10.6 Å². The molecule has 2 aromatic heterocycles. The van der Waals surface area contributed by atoms with E-state index in [1.54, 1.807) is 11.3 Å². The number of thiophene rings is 1. The first kappa shape index (κ1) is 11.9. The standard InChI is InChI=1S/C13H17N3S/c1-3-14-13-6-12(4-5-15-13)16-7-11-9-17-8-10(11)2/h4-6,8-9H,3,7H2,1-2H3,(H2,14,15,16). The van der Waals surface area contributed by atoms with Crippen molar-refractivity contribution in [3.8, 4) is 0 Å². The molecule has 4 heteroatoms. The SMILES string of the molecule is CCNc1cc(NCc2cscc2C)ccn1. The summed E-state index contributed by atoms with van der Waals surface area (Å²) < 4.78 is 0. The Morgan fingerprint density at radius 3 is 2.88 bits per heavy atom. The van der Waals surface area contributed by atoms with Crippen LogP contribution in [0.5, 0.6) is 0 Å². The lowest BCUT2D eigenvalue weighted by Gasteiger charge is -2.08. The summed E-state index contributed by atoms with van der Waals surface area (Å²) >= 11 is 1.75. The van der Waals surface area contributed by atoms with Crippen molar-refractivity contribution in [1.82, 2.24) is 4.98 Å². The van der Waals surface area contributed by atoms with Gasteiger partial charge in [0.15, 0.2) is 0 Å². The average molecular weight is 247 g/mol. The Bertz CT molecular complexity index is 479. The van der Waals surface area contributed by atoms with Crippen molar-refractivity contribution in [3.05, 3.63) is 40.2 Å². The van der Waals surface area contributed by atoms with E-state index >= 15 is 0 Å². The molecule has 0 spiro atoms. The highest BCUT2D eigenvalue weighted by molar-refractivity contribution is 7.08. The molecule has 2 rings (SSSR count). The van der Waals surface area contributed by atoms with Crippen LogP contribution in [0.25, 0.3) is 0 Å². The van der Waals surface area contributed by atoms with E-state index in [-0.39, 0.29) is 0 Å². The van der Waals surface area contributed by atoms with Crippen LogP contribution in [0.2, 0.25) is 0 Å². The van der Waals surface area contributed by atoms with Crippen LogP contribution < -0.4 is 10.6 Å². The summed E-state index contributed by atoms with van der Waals surface area (Å²) in [7, 11) is 0. The van der Waals surface area contributed by atoms with Crippen molar-refractivity contribution >= 4 is 22.8 Å². The van der Waals surface area contributed by atoms with Crippen LogP contribution in [-0.4, -0.2) is 11.5 Å². The normalized spacial score (nSPS) is 10.2. The largest absolute Gasteiger partial charge is 0.381 e. The van der Waals surface area contributed by atoms with E-state index in [0.717, 1.165) is 24.6 Å². The maximum Gasteiger partial charge on any atom is 0.127 e. The molecule has 0 atom stereocenters. The quantitative estimate of drug-likeness (QED) is 0.849. The zero-order valence-electron chi connectivity index (χ0n) is 10.2. The van der Waals surface area contributed by atoms with Crippen LogP contribution in [-0.2, 0) is 6.54 Å². The maximum atomic E-state index is 4.24. The average Bonchev–Trinajstić information content (AvgIpc) is 2.73. The summed E-state index contributed by atoms with van der Waals surface area (Å²) in [5.41, 5.74) is 3.81. The summed E-state index contributed by atoms with van der Waals surface area (Å²) in [5, 5.41) is 11.0. The molecule has 0 radical (unpaired) electrons. The second-order valence-electron chi connectivity index (χ2n) is 3.89. The van der Waals surface area contributed by atoms with Crippen LogP contribution in [0.3, 0.4) is 0 Å². The Labute approximate surface area is 106 Å². The van der Waals surface area contributed by atoms with Gasteiger partial charge in [-0.2, -0.15) is 11.3 Å². The summed E-state index contributed by atoms with van der Waals surface area (Å²) in [6.07, 6.45) is 1.82. The summed E-state index contributed by atoms with van der Waals surface area (Å²) in [6.45, 7) is 5.96. The molecule has 3 nitrogen and oxygen atoms in total. The van der Waals surface area contributed by atoms with E-state index in [0.29, 0.717) is 0 Å². The molecule has 0 bridgehead atoms. The summed E-state index contributed by atoms with van der Waals surface area (Å²) in [4.78, 5) is 4.24. The minimum Gasteiger partial charge on any atom is -0.381 e. The van der Waals surface area contributed by atoms with Gasteiger partial charge in [-0.25, -0.2) is 4.98 Å². The molecule has 0 saturated heterocycles. The fourth-order valence-corrected chi connectivity index (χ4v) is 2.44. The zero-order valence-corrected chi connectivity index (χ0v) is 11.0.